The summed E-state index contributed by atoms with van der Waals surface area (Å²) < 4.78 is 0. The SMILES string of the molecule is Cc1cc(C(=O)O)ccc1NC(=O)/C=C/c1cccnc1. The van der Waals surface area contributed by atoms with Gasteiger partial charge in [0.1, 0.15) is 0 Å². The summed E-state index contributed by atoms with van der Waals surface area (Å²) in [4.78, 5) is 26.6. The quantitative estimate of drug-likeness (QED) is 0.845. The second-order valence-corrected chi connectivity index (χ2v) is 4.44. The molecule has 0 bridgehead atoms. The van der Waals surface area contributed by atoms with Crippen LogP contribution in [-0.2, 0) is 4.79 Å². The number of anilines is 1. The number of aromatic nitrogens is 1. The summed E-state index contributed by atoms with van der Waals surface area (Å²) in [6, 6.07) is 8.17. The Bertz CT molecular complexity index is 694. The highest BCUT2D eigenvalue weighted by Gasteiger charge is 2.06. The number of aromatic carboxylic acids is 1. The fourth-order valence-electron chi connectivity index (χ4n) is 1.76. The standard InChI is InChI=1S/C16H14N2O3/c1-11-9-13(16(20)21)5-6-14(11)18-15(19)7-4-12-3-2-8-17-10-12/h2-10H,1H3,(H,18,19)(H,20,21)/b7-4+. The maximum Gasteiger partial charge on any atom is 0.335 e. The zero-order valence-corrected chi connectivity index (χ0v) is 11.4. The molecule has 2 aromatic rings. The number of carbonyl (C=O) groups excluding carboxylic acids is 1. The molecule has 0 atom stereocenters. The summed E-state index contributed by atoms with van der Waals surface area (Å²) in [5.41, 5.74) is 2.29. The molecule has 0 radical (unpaired) electrons. The Morgan fingerprint density at radius 2 is 2.10 bits per heavy atom. The van der Waals surface area contributed by atoms with Gasteiger partial charge in [0.2, 0.25) is 5.91 Å². The molecule has 1 heterocycles. The largest absolute Gasteiger partial charge is 0.478 e. The van der Waals surface area contributed by atoms with E-state index in [0.29, 0.717) is 11.3 Å². The first-order valence-electron chi connectivity index (χ1n) is 6.29. The third-order valence-electron chi connectivity index (χ3n) is 2.84. The van der Waals surface area contributed by atoms with E-state index in [-0.39, 0.29) is 11.5 Å². The van der Waals surface area contributed by atoms with E-state index in [0.717, 1.165) is 5.56 Å². The van der Waals surface area contributed by atoms with Gasteiger partial charge in [0.15, 0.2) is 0 Å². The van der Waals surface area contributed by atoms with Crippen LogP contribution in [0.5, 0.6) is 0 Å². The molecule has 5 nitrogen and oxygen atoms in total. The smallest absolute Gasteiger partial charge is 0.335 e. The first kappa shape index (κ1) is 14.5. The highest BCUT2D eigenvalue weighted by molar-refractivity contribution is 6.02. The van der Waals surface area contributed by atoms with Gasteiger partial charge in [-0.05, 0) is 48.4 Å². The molecule has 0 saturated carbocycles. The molecule has 0 spiro atoms. The number of carbonyl (C=O) groups is 2. The van der Waals surface area contributed by atoms with Crippen molar-refractivity contribution in [3.8, 4) is 0 Å². The Balaban J connectivity index is 2.06. The van der Waals surface area contributed by atoms with Crippen molar-refractivity contribution in [2.24, 2.45) is 0 Å². The molecule has 5 heteroatoms. The van der Waals surface area contributed by atoms with Gasteiger partial charge in [-0.3, -0.25) is 9.78 Å². The lowest BCUT2D eigenvalue weighted by atomic mass is 10.1. The summed E-state index contributed by atoms with van der Waals surface area (Å²) in [5, 5.41) is 11.6. The van der Waals surface area contributed by atoms with Crippen LogP contribution in [0.1, 0.15) is 21.5 Å². The number of rotatable bonds is 4. The molecular formula is C16H14N2O3. The van der Waals surface area contributed by atoms with Crippen LogP contribution in [0.15, 0.2) is 48.8 Å². The minimum absolute atomic E-state index is 0.191. The second kappa shape index (κ2) is 6.47. The van der Waals surface area contributed by atoms with Crippen molar-refractivity contribution in [2.75, 3.05) is 5.32 Å². The monoisotopic (exact) mass is 282 g/mol. The zero-order valence-electron chi connectivity index (χ0n) is 11.4. The number of carboxylic acid groups (broad SMARTS) is 1. The molecule has 106 valence electrons. The van der Waals surface area contributed by atoms with Gasteiger partial charge >= 0.3 is 5.97 Å². The molecule has 2 N–H and O–H groups in total. The van der Waals surface area contributed by atoms with E-state index in [4.69, 9.17) is 5.11 Å². The van der Waals surface area contributed by atoms with Gasteiger partial charge < -0.3 is 10.4 Å². The number of nitrogens with zero attached hydrogens (tertiary/aromatic N) is 1. The molecule has 0 aliphatic heterocycles. The molecule has 1 amide bonds. The number of hydrogen-bond acceptors (Lipinski definition) is 3. The van der Waals surface area contributed by atoms with Gasteiger partial charge in [-0.1, -0.05) is 6.07 Å². The Labute approximate surface area is 122 Å². The van der Waals surface area contributed by atoms with E-state index in [9.17, 15) is 9.59 Å². The van der Waals surface area contributed by atoms with Crippen molar-refractivity contribution >= 4 is 23.6 Å². The van der Waals surface area contributed by atoms with E-state index in [1.807, 2.05) is 6.07 Å². The van der Waals surface area contributed by atoms with E-state index < -0.39 is 5.97 Å². The van der Waals surface area contributed by atoms with Gasteiger partial charge in [-0.25, -0.2) is 4.79 Å². The molecule has 0 aliphatic rings. The van der Waals surface area contributed by atoms with E-state index in [1.54, 1.807) is 37.5 Å². The molecule has 2 rings (SSSR count). The fourth-order valence-corrected chi connectivity index (χ4v) is 1.76. The second-order valence-electron chi connectivity index (χ2n) is 4.44. The summed E-state index contributed by atoms with van der Waals surface area (Å²) in [5.74, 6) is -1.28. The molecular weight excluding hydrogens is 268 g/mol. The van der Waals surface area contributed by atoms with Crippen molar-refractivity contribution < 1.29 is 14.7 Å². The third-order valence-corrected chi connectivity index (χ3v) is 2.84. The van der Waals surface area contributed by atoms with Crippen LogP contribution in [0.4, 0.5) is 5.69 Å². The predicted octanol–water partition coefficient (Wildman–Crippen LogP) is 2.74. The number of pyridine rings is 1. The van der Waals surface area contributed by atoms with Crippen molar-refractivity contribution in [3.05, 3.63) is 65.5 Å². The number of nitrogens with one attached hydrogen (secondary N) is 1. The number of carboxylic acids is 1. The lowest BCUT2D eigenvalue weighted by molar-refractivity contribution is -0.111. The third kappa shape index (κ3) is 4.01. The topological polar surface area (TPSA) is 79.3 Å². The highest BCUT2D eigenvalue weighted by Crippen LogP contribution is 2.16. The van der Waals surface area contributed by atoms with Gasteiger partial charge in [0.05, 0.1) is 5.56 Å². The average molecular weight is 282 g/mol. The maximum absolute atomic E-state index is 11.8. The maximum atomic E-state index is 11.8. The van der Waals surface area contributed by atoms with Crippen molar-refractivity contribution in [3.63, 3.8) is 0 Å². The molecule has 0 aliphatic carbocycles. The van der Waals surface area contributed by atoms with Crippen molar-refractivity contribution in [2.45, 2.75) is 6.92 Å². The van der Waals surface area contributed by atoms with E-state index >= 15 is 0 Å². The molecule has 0 saturated heterocycles. The number of hydrogen-bond donors (Lipinski definition) is 2. The Hall–Kier alpha value is -2.95. The van der Waals surface area contributed by atoms with Crippen LogP contribution >= 0.6 is 0 Å². The van der Waals surface area contributed by atoms with E-state index in [1.165, 1.54) is 18.2 Å². The van der Waals surface area contributed by atoms with Crippen molar-refractivity contribution in [1.82, 2.24) is 4.98 Å². The molecule has 1 aromatic heterocycles. The van der Waals surface area contributed by atoms with Crippen LogP contribution in [0.2, 0.25) is 0 Å². The van der Waals surface area contributed by atoms with Crippen LogP contribution in [-0.4, -0.2) is 22.0 Å². The van der Waals surface area contributed by atoms with Gasteiger partial charge in [-0.15, -0.1) is 0 Å². The Morgan fingerprint density at radius 1 is 1.29 bits per heavy atom. The Kier molecular flexibility index (Phi) is 4.46. The number of benzene rings is 1. The summed E-state index contributed by atoms with van der Waals surface area (Å²) in [6.07, 6.45) is 6.37. The van der Waals surface area contributed by atoms with Crippen LogP contribution in [0, 0.1) is 6.92 Å². The highest BCUT2D eigenvalue weighted by atomic mass is 16.4. The summed E-state index contributed by atoms with van der Waals surface area (Å²) in [7, 11) is 0. The molecule has 0 fully saturated rings. The lowest BCUT2D eigenvalue weighted by Gasteiger charge is -2.07. The normalized spacial score (nSPS) is 10.5. The summed E-state index contributed by atoms with van der Waals surface area (Å²) >= 11 is 0. The minimum atomic E-state index is -0.993. The van der Waals surface area contributed by atoms with Crippen molar-refractivity contribution in [1.29, 1.82) is 0 Å². The molecule has 0 unspecified atom stereocenters. The first-order chi connectivity index (χ1) is 10.1. The zero-order chi connectivity index (χ0) is 15.2. The molecule has 21 heavy (non-hydrogen) atoms. The summed E-state index contributed by atoms with van der Waals surface area (Å²) in [6.45, 7) is 1.74. The minimum Gasteiger partial charge on any atom is -0.478 e. The fraction of sp³-hybridized carbons (Fsp3) is 0.0625. The van der Waals surface area contributed by atoms with Gasteiger partial charge in [0.25, 0.3) is 0 Å². The average Bonchev–Trinajstić information content (AvgIpc) is 2.48. The Morgan fingerprint density at radius 3 is 2.71 bits per heavy atom. The van der Waals surface area contributed by atoms with Crippen LogP contribution < -0.4 is 5.32 Å². The predicted molar refractivity (Wildman–Crippen MR) is 80.0 cm³/mol. The van der Waals surface area contributed by atoms with Gasteiger partial charge in [0, 0.05) is 24.2 Å². The van der Waals surface area contributed by atoms with E-state index in [2.05, 4.69) is 10.3 Å². The molecule has 1 aromatic carbocycles. The van der Waals surface area contributed by atoms with Crippen LogP contribution in [0.3, 0.4) is 0 Å². The number of amides is 1. The first-order valence-corrected chi connectivity index (χ1v) is 6.29. The lowest BCUT2D eigenvalue weighted by Crippen LogP contribution is -2.09. The van der Waals surface area contributed by atoms with Crippen LogP contribution in [0.25, 0.3) is 6.08 Å². The van der Waals surface area contributed by atoms with Gasteiger partial charge in [-0.2, -0.15) is 0 Å². The number of aryl methyl sites for hydroxylation is 1.